The van der Waals surface area contributed by atoms with Gasteiger partial charge < -0.3 is 25.0 Å². The maximum absolute atomic E-state index is 5.61. The van der Waals surface area contributed by atoms with Crippen LogP contribution in [-0.2, 0) is 9.47 Å². The number of pyridine rings is 1. The first-order chi connectivity index (χ1) is 12.3. The molecule has 0 aliphatic carbocycles. The number of anilines is 3. The Morgan fingerprint density at radius 2 is 1.44 bits per heavy atom. The molecule has 0 unspecified atom stereocenters. The van der Waals surface area contributed by atoms with E-state index in [-0.39, 0.29) is 5.95 Å². The molecular weight excluding hydrogens is 320 g/mol. The number of aromatic nitrogens is 3. The Hall–Kier alpha value is -2.45. The topological polar surface area (TPSA) is 89.6 Å². The lowest BCUT2D eigenvalue weighted by atomic mass is 10.2. The molecule has 2 saturated heterocycles. The minimum atomic E-state index is 0.265. The predicted octanol–water partition coefficient (Wildman–Crippen LogP) is 0.794. The number of nitrogens with two attached hydrogens (primary N) is 1. The molecule has 0 aromatic carbocycles. The van der Waals surface area contributed by atoms with Crippen molar-refractivity contribution in [3.05, 3.63) is 24.5 Å². The lowest BCUT2D eigenvalue weighted by Crippen LogP contribution is -2.38. The van der Waals surface area contributed by atoms with Crippen molar-refractivity contribution in [2.24, 2.45) is 0 Å². The second-order valence-electron chi connectivity index (χ2n) is 6.10. The van der Waals surface area contributed by atoms with E-state index in [9.17, 15) is 0 Å². The number of nitrogen functional groups attached to an aromatic ring is 1. The van der Waals surface area contributed by atoms with Gasteiger partial charge in [0.2, 0.25) is 5.95 Å². The zero-order valence-electron chi connectivity index (χ0n) is 14.1. The highest BCUT2D eigenvalue weighted by Gasteiger charge is 2.18. The second-order valence-corrected chi connectivity index (χ2v) is 6.10. The minimum Gasteiger partial charge on any atom is -0.378 e. The number of hydrogen-bond acceptors (Lipinski definition) is 8. The summed E-state index contributed by atoms with van der Waals surface area (Å²) in [5.41, 5.74) is 8.47. The van der Waals surface area contributed by atoms with Crippen molar-refractivity contribution in [2.45, 2.75) is 0 Å². The molecule has 2 aliphatic rings. The highest BCUT2D eigenvalue weighted by atomic mass is 16.5. The Bertz CT molecular complexity index is 675. The van der Waals surface area contributed by atoms with E-state index in [1.165, 1.54) is 0 Å². The summed E-state index contributed by atoms with van der Waals surface area (Å²) in [6.45, 7) is 6.39. The van der Waals surface area contributed by atoms with E-state index in [0.717, 1.165) is 75.4 Å². The molecule has 8 nitrogen and oxygen atoms in total. The summed E-state index contributed by atoms with van der Waals surface area (Å²) in [7, 11) is 0. The van der Waals surface area contributed by atoms with Crippen molar-refractivity contribution >= 4 is 17.5 Å². The van der Waals surface area contributed by atoms with Crippen LogP contribution in [0.3, 0.4) is 0 Å². The van der Waals surface area contributed by atoms with Gasteiger partial charge in [0.15, 0.2) is 0 Å². The molecule has 0 amide bonds. The Balaban J connectivity index is 1.72. The molecule has 4 heterocycles. The molecular formula is C17H22N6O2. The third-order valence-electron chi connectivity index (χ3n) is 4.48. The molecule has 8 heteroatoms. The van der Waals surface area contributed by atoms with Gasteiger partial charge in [-0.25, -0.2) is 15.0 Å². The van der Waals surface area contributed by atoms with Gasteiger partial charge in [0.05, 0.1) is 32.1 Å². The maximum Gasteiger partial charge on any atom is 0.219 e. The standard InChI is InChI=1S/C17H22N6O2/c18-17-19-11-13(12-20-17)15-9-14(22-1-5-24-6-2-22)10-16(21-15)23-3-7-25-8-4-23/h9-12H,1-8H2,(H2,18,19,20). The Morgan fingerprint density at radius 1 is 0.840 bits per heavy atom. The van der Waals surface area contributed by atoms with E-state index in [2.05, 4.69) is 31.9 Å². The summed E-state index contributed by atoms with van der Waals surface area (Å²) in [5, 5.41) is 0. The number of nitrogens with zero attached hydrogens (tertiary/aromatic N) is 5. The van der Waals surface area contributed by atoms with Crippen molar-refractivity contribution < 1.29 is 9.47 Å². The van der Waals surface area contributed by atoms with Gasteiger partial charge in [-0.3, -0.25) is 0 Å². The Morgan fingerprint density at radius 3 is 2.08 bits per heavy atom. The highest BCUT2D eigenvalue weighted by molar-refractivity contribution is 5.68. The molecule has 2 fully saturated rings. The first kappa shape index (κ1) is 16.0. The fourth-order valence-corrected chi connectivity index (χ4v) is 3.08. The smallest absolute Gasteiger partial charge is 0.219 e. The van der Waals surface area contributed by atoms with Gasteiger partial charge in [-0.15, -0.1) is 0 Å². The van der Waals surface area contributed by atoms with Crippen LogP contribution >= 0.6 is 0 Å². The molecule has 0 bridgehead atoms. The molecule has 0 atom stereocenters. The predicted molar refractivity (Wildman–Crippen MR) is 95.7 cm³/mol. The summed E-state index contributed by atoms with van der Waals surface area (Å²) in [6, 6.07) is 4.24. The van der Waals surface area contributed by atoms with E-state index in [1.807, 2.05) is 0 Å². The molecule has 0 spiro atoms. The number of ether oxygens (including phenoxy) is 2. The molecule has 2 aliphatic heterocycles. The average molecular weight is 342 g/mol. The zero-order chi connectivity index (χ0) is 17.1. The van der Waals surface area contributed by atoms with Crippen molar-refractivity contribution in [3.63, 3.8) is 0 Å². The van der Waals surface area contributed by atoms with Crippen molar-refractivity contribution in [2.75, 3.05) is 68.1 Å². The molecule has 132 valence electrons. The Labute approximate surface area is 146 Å². The fourth-order valence-electron chi connectivity index (χ4n) is 3.08. The lowest BCUT2D eigenvalue weighted by Gasteiger charge is -2.32. The van der Waals surface area contributed by atoms with Gasteiger partial charge in [0.1, 0.15) is 5.82 Å². The quantitative estimate of drug-likeness (QED) is 0.876. The van der Waals surface area contributed by atoms with E-state index < -0.39 is 0 Å². The molecule has 4 rings (SSSR count). The molecule has 25 heavy (non-hydrogen) atoms. The molecule has 0 radical (unpaired) electrons. The second kappa shape index (κ2) is 7.20. The molecule has 2 aromatic heterocycles. The number of rotatable bonds is 3. The first-order valence-corrected chi connectivity index (χ1v) is 8.55. The molecule has 2 N–H and O–H groups in total. The Kier molecular flexibility index (Phi) is 4.62. The van der Waals surface area contributed by atoms with Gasteiger partial charge in [-0.05, 0) is 6.07 Å². The minimum absolute atomic E-state index is 0.265. The van der Waals surface area contributed by atoms with Crippen LogP contribution in [0.25, 0.3) is 11.3 Å². The first-order valence-electron chi connectivity index (χ1n) is 8.55. The van der Waals surface area contributed by atoms with E-state index in [0.29, 0.717) is 0 Å². The third-order valence-corrected chi connectivity index (χ3v) is 4.48. The summed E-state index contributed by atoms with van der Waals surface area (Å²) < 4.78 is 10.9. The van der Waals surface area contributed by atoms with Gasteiger partial charge in [-0.2, -0.15) is 0 Å². The van der Waals surface area contributed by atoms with Crippen LogP contribution in [0.4, 0.5) is 17.5 Å². The third kappa shape index (κ3) is 3.64. The van der Waals surface area contributed by atoms with E-state index in [1.54, 1.807) is 12.4 Å². The van der Waals surface area contributed by atoms with Crippen LogP contribution in [0.15, 0.2) is 24.5 Å². The SMILES string of the molecule is Nc1ncc(-c2cc(N3CCOCC3)cc(N3CCOCC3)n2)cn1. The van der Waals surface area contributed by atoms with Crippen molar-refractivity contribution in [1.29, 1.82) is 0 Å². The fraction of sp³-hybridized carbons (Fsp3) is 0.471. The van der Waals surface area contributed by atoms with Crippen LogP contribution in [0, 0.1) is 0 Å². The molecule has 0 saturated carbocycles. The van der Waals surface area contributed by atoms with E-state index >= 15 is 0 Å². The summed E-state index contributed by atoms with van der Waals surface area (Å²) >= 11 is 0. The van der Waals surface area contributed by atoms with Crippen LogP contribution in [0.5, 0.6) is 0 Å². The number of morpholine rings is 2. The lowest BCUT2D eigenvalue weighted by molar-refractivity contribution is 0.122. The monoisotopic (exact) mass is 342 g/mol. The summed E-state index contributed by atoms with van der Waals surface area (Å²) in [4.78, 5) is 17.6. The molecule has 2 aromatic rings. The number of hydrogen-bond donors (Lipinski definition) is 1. The van der Waals surface area contributed by atoms with Gasteiger partial charge >= 0.3 is 0 Å². The van der Waals surface area contributed by atoms with Crippen LogP contribution < -0.4 is 15.5 Å². The summed E-state index contributed by atoms with van der Waals surface area (Å²) in [5.74, 6) is 1.22. The van der Waals surface area contributed by atoms with Crippen molar-refractivity contribution in [1.82, 2.24) is 15.0 Å². The normalized spacial score (nSPS) is 18.4. The van der Waals surface area contributed by atoms with Gasteiger partial charge in [-0.1, -0.05) is 0 Å². The van der Waals surface area contributed by atoms with E-state index in [4.69, 9.17) is 20.2 Å². The van der Waals surface area contributed by atoms with Gasteiger partial charge in [0, 0.05) is 55.9 Å². The average Bonchev–Trinajstić information content (AvgIpc) is 2.69. The van der Waals surface area contributed by atoms with Crippen molar-refractivity contribution in [3.8, 4) is 11.3 Å². The van der Waals surface area contributed by atoms with Crippen LogP contribution in [0.2, 0.25) is 0 Å². The maximum atomic E-state index is 5.61. The zero-order valence-corrected chi connectivity index (χ0v) is 14.1. The van der Waals surface area contributed by atoms with Crippen LogP contribution in [0.1, 0.15) is 0 Å². The summed E-state index contributed by atoms with van der Waals surface area (Å²) in [6.07, 6.45) is 3.44. The van der Waals surface area contributed by atoms with Gasteiger partial charge in [0.25, 0.3) is 0 Å². The largest absolute Gasteiger partial charge is 0.378 e. The van der Waals surface area contributed by atoms with Crippen LogP contribution in [-0.4, -0.2) is 67.6 Å². The highest BCUT2D eigenvalue weighted by Crippen LogP contribution is 2.28.